The summed E-state index contributed by atoms with van der Waals surface area (Å²) in [6, 6.07) is 4.28. The molecule has 4 nitrogen and oxygen atoms in total. The summed E-state index contributed by atoms with van der Waals surface area (Å²) >= 11 is 0. The highest BCUT2D eigenvalue weighted by atomic mass is 19.1. The molecular weight excluding hydrogens is 251 g/mol. The Bertz CT molecular complexity index is 498. The summed E-state index contributed by atoms with van der Waals surface area (Å²) in [5.74, 6) is -0.696. The van der Waals surface area contributed by atoms with E-state index in [-0.39, 0.29) is 37.0 Å². The number of rotatable bonds is 5. The average Bonchev–Trinajstić information content (AvgIpc) is 2.71. The Hall–Kier alpha value is -1.91. The Morgan fingerprint density at radius 3 is 3.00 bits per heavy atom. The van der Waals surface area contributed by atoms with Gasteiger partial charge in [-0.15, -0.1) is 0 Å². The molecule has 0 aliphatic carbocycles. The fraction of sp³-hybridized carbons (Fsp3) is 0.429. The van der Waals surface area contributed by atoms with E-state index in [0.29, 0.717) is 12.4 Å². The maximum absolute atomic E-state index is 13.0. The van der Waals surface area contributed by atoms with Gasteiger partial charge in [-0.3, -0.25) is 9.59 Å². The topological polar surface area (TPSA) is 52.6 Å². The van der Waals surface area contributed by atoms with Gasteiger partial charge in [-0.2, -0.15) is 0 Å². The van der Waals surface area contributed by atoms with Gasteiger partial charge in [0.2, 0.25) is 0 Å². The standard InChI is InChI=1S/C14H15FO4/c1-2-18-14(17)7-11(16)5-9-8-19-13-6-10(15)3-4-12(9)13/h3-4,6,9H,2,5,7-8H2,1H3. The predicted molar refractivity (Wildman–Crippen MR) is 65.5 cm³/mol. The van der Waals surface area contributed by atoms with Crippen LogP contribution in [0.15, 0.2) is 18.2 Å². The van der Waals surface area contributed by atoms with E-state index in [4.69, 9.17) is 9.47 Å². The summed E-state index contributed by atoms with van der Waals surface area (Å²) in [6.45, 7) is 2.30. The van der Waals surface area contributed by atoms with Gasteiger partial charge >= 0.3 is 5.97 Å². The van der Waals surface area contributed by atoms with Gasteiger partial charge in [0.15, 0.2) is 0 Å². The molecule has 1 aliphatic heterocycles. The first-order valence-corrected chi connectivity index (χ1v) is 6.19. The van der Waals surface area contributed by atoms with Crippen molar-refractivity contribution in [3.05, 3.63) is 29.6 Å². The number of hydrogen-bond donors (Lipinski definition) is 0. The molecule has 0 amide bonds. The first-order valence-electron chi connectivity index (χ1n) is 6.19. The van der Waals surface area contributed by atoms with Crippen LogP contribution in [0.4, 0.5) is 4.39 Å². The highest BCUT2D eigenvalue weighted by Crippen LogP contribution is 2.36. The number of esters is 1. The number of carbonyl (C=O) groups is 2. The maximum Gasteiger partial charge on any atom is 0.313 e. The van der Waals surface area contributed by atoms with Crippen molar-refractivity contribution >= 4 is 11.8 Å². The highest BCUT2D eigenvalue weighted by Gasteiger charge is 2.27. The first-order chi connectivity index (χ1) is 9.10. The Labute approximate surface area is 110 Å². The van der Waals surface area contributed by atoms with Crippen LogP contribution in [0, 0.1) is 5.82 Å². The van der Waals surface area contributed by atoms with E-state index in [1.807, 2.05) is 0 Å². The van der Waals surface area contributed by atoms with E-state index in [1.165, 1.54) is 12.1 Å². The van der Waals surface area contributed by atoms with Gasteiger partial charge in [-0.25, -0.2) is 4.39 Å². The number of benzene rings is 1. The van der Waals surface area contributed by atoms with Gasteiger partial charge in [0.1, 0.15) is 23.8 Å². The number of halogens is 1. The Balaban J connectivity index is 1.95. The molecule has 0 saturated carbocycles. The van der Waals surface area contributed by atoms with E-state index in [9.17, 15) is 14.0 Å². The summed E-state index contributed by atoms with van der Waals surface area (Å²) in [4.78, 5) is 22.9. The van der Waals surface area contributed by atoms with Crippen LogP contribution < -0.4 is 4.74 Å². The zero-order valence-electron chi connectivity index (χ0n) is 10.6. The van der Waals surface area contributed by atoms with Crippen LogP contribution in [-0.2, 0) is 14.3 Å². The average molecular weight is 266 g/mol. The van der Waals surface area contributed by atoms with Crippen LogP contribution >= 0.6 is 0 Å². The molecule has 102 valence electrons. The van der Waals surface area contributed by atoms with Crippen LogP contribution in [0.1, 0.15) is 31.2 Å². The number of fused-ring (bicyclic) bond motifs is 1. The summed E-state index contributed by atoms with van der Waals surface area (Å²) in [7, 11) is 0. The summed E-state index contributed by atoms with van der Waals surface area (Å²) in [5.41, 5.74) is 0.818. The van der Waals surface area contributed by atoms with Crippen molar-refractivity contribution in [3.63, 3.8) is 0 Å². The number of Topliss-reactive ketones (excluding diaryl/α,β-unsaturated/α-hetero) is 1. The molecule has 1 aliphatic rings. The number of hydrogen-bond acceptors (Lipinski definition) is 4. The smallest absolute Gasteiger partial charge is 0.313 e. The van der Waals surface area contributed by atoms with Crippen LogP contribution in [-0.4, -0.2) is 25.0 Å². The van der Waals surface area contributed by atoms with E-state index in [0.717, 1.165) is 5.56 Å². The van der Waals surface area contributed by atoms with Crippen LogP contribution in [0.2, 0.25) is 0 Å². The Morgan fingerprint density at radius 2 is 2.26 bits per heavy atom. The molecular formula is C14H15FO4. The van der Waals surface area contributed by atoms with Gasteiger partial charge < -0.3 is 9.47 Å². The van der Waals surface area contributed by atoms with Crippen molar-refractivity contribution in [1.29, 1.82) is 0 Å². The fourth-order valence-electron chi connectivity index (χ4n) is 2.14. The van der Waals surface area contributed by atoms with Crippen molar-refractivity contribution in [3.8, 4) is 5.75 Å². The van der Waals surface area contributed by atoms with Crippen LogP contribution in [0.5, 0.6) is 5.75 Å². The molecule has 0 saturated heterocycles. The van der Waals surface area contributed by atoms with Crippen molar-refractivity contribution in [2.75, 3.05) is 13.2 Å². The fourth-order valence-corrected chi connectivity index (χ4v) is 2.14. The van der Waals surface area contributed by atoms with Gasteiger partial charge in [0, 0.05) is 24.0 Å². The van der Waals surface area contributed by atoms with Crippen LogP contribution in [0.25, 0.3) is 0 Å². The van der Waals surface area contributed by atoms with Gasteiger partial charge in [0.25, 0.3) is 0 Å². The van der Waals surface area contributed by atoms with E-state index in [2.05, 4.69) is 0 Å². The lowest BCUT2D eigenvalue weighted by molar-refractivity contribution is -0.145. The molecule has 1 aromatic rings. The Kier molecular flexibility index (Phi) is 4.14. The molecule has 1 atom stereocenters. The third-order valence-corrected chi connectivity index (χ3v) is 2.98. The van der Waals surface area contributed by atoms with Crippen molar-refractivity contribution in [1.82, 2.24) is 0 Å². The van der Waals surface area contributed by atoms with Gasteiger partial charge in [-0.05, 0) is 13.0 Å². The van der Waals surface area contributed by atoms with Crippen LogP contribution in [0.3, 0.4) is 0 Å². The Morgan fingerprint density at radius 1 is 1.47 bits per heavy atom. The summed E-state index contributed by atoms with van der Waals surface area (Å²) in [6.07, 6.45) is -0.0156. The van der Waals surface area contributed by atoms with E-state index in [1.54, 1.807) is 13.0 Å². The molecule has 5 heteroatoms. The van der Waals surface area contributed by atoms with Crippen molar-refractivity contribution < 1.29 is 23.5 Å². The molecule has 0 N–H and O–H groups in total. The third kappa shape index (κ3) is 3.30. The molecule has 0 bridgehead atoms. The lowest BCUT2D eigenvalue weighted by atomic mass is 9.95. The third-order valence-electron chi connectivity index (χ3n) is 2.98. The molecule has 1 unspecified atom stereocenters. The second-order valence-electron chi connectivity index (χ2n) is 4.41. The SMILES string of the molecule is CCOC(=O)CC(=O)CC1COc2cc(F)ccc21. The molecule has 0 radical (unpaired) electrons. The van der Waals surface area contributed by atoms with Crippen molar-refractivity contribution in [2.45, 2.75) is 25.7 Å². The summed E-state index contributed by atoms with van der Waals surface area (Å²) < 4.78 is 23.1. The molecule has 1 aromatic carbocycles. The molecule has 0 aromatic heterocycles. The van der Waals surface area contributed by atoms with E-state index >= 15 is 0 Å². The highest BCUT2D eigenvalue weighted by molar-refractivity contribution is 5.95. The normalized spacial score (nSPS) is 16.6. The van der Waals surface area contributed by atoms with Gasteiger partial charge in [0.05, 0.1) is 13.2 Å². The molecule has 2 rings (SSSR count). The minimum absolute atomic E-state index is 0.113. The molecule has 0 fully saturated rings. The molecule has 0 spiro atoms. The summed E-state index contributed by atoms with van der Waals surface area (Å²) in [5, 5.41) is 0. The minimum atomic E-state index is -0.509. The van der Waals surface area contributed by atoms with E-state index < -0.39 is 5.97 Å². The lowest BCUT2D eigenvalue weighted by Crippen LogP contribution is -2.14. The maximum atomic E-state index is 13.0. The molecule has 19 heavy (non-hydrogen) atoms. The lowest BCUT2D eigenvalue weighted by Gasteiger charge is -2.07. The zero-order valence-corrected chi connectivity index (χ0v) is 10.6. The number of ether oxygens (including phenoxy) is 2. The van der Waals surface area contributed by atoms with Crippen molar-refractivity contribution in [2.24, 2.45) is 0 Å². The second kappa shape index (κ2) is 5.82. The monoisotopic (exact) mass is 266 g/mol. The number of carbonyl (C=O) groups excluding carboxylic acids is 2. The largest absolute Gasteiger partial charge is 0.493 e. The number of ketones is 1. The second-order valence-corrected chi connectivity index (χ2v) is 4.41. The quantitative estimate of drug-likeness (QED) is 0.605. The minimum Gasteiger partial charge on any atom is -0.493 e. The first kappa shape index (κ1) is 13.5. The zero-order chi connectivity index (χ0) is 13.8. The van der Waals surface area contributed by atoms with Gasteiger partial charge in [-0.1, -0.05) is 6.07 Å². The predicted octanol–water partition coefficient (Wildman–Crippen LogP) is 2.21. The molecule has 1 heterocycles.